The third kappa shape index (κ3) is 2.69. The zero-order chi connectivity index (χ0) is 15.6. The fraction of sp³-hybridized carbons (Fsp3) is 0.133. The van der Waals surface area contributed by atoms with Crippen molar-refractivity contribution in [3.05, 3.63) is 54.1 Å². The van der Waals surface area contributed by atoms with Crippen LogP contribution in [0.2, 0.25) is 0 Å². The van der Waals surface area contributed by atoms with Gasteiger partial charge < -0.3 is 4.74 Å². The van der Waals surface area contributed by atoms with Crippen LogP contribution in [0.25, 0.3) is 0 Å². The van der Waals surface area contributed by atoms with Crippen molar-refractivity contribution in [2.24, 2.45) is 0 Å². The number of rotatable bonds is 3. The van der Waals surface area contributed by atoms with E-state index in [1.807, 2.05) is 6.07 Å². The Balaban J connectivity index is 1.89. The lowest BCUT2D eigenvalue weighted by atomic mass is 10.2. The second kappa shape index (κ2) is 5.58. The molecule has 2 aromatic rings. The van der Waals surface area contributed by atoms with E-state index in [1.54, 1.807) is 48.5 Å². The Morgan fingerprint density at radius 2 is 1.86 bits per heavy atom. The van der Waals surface area contributed by atoms with Crippen LogP contribution in [0.5, 0.6) is 5.75 Å². The van der Waals surface area contributed by atoms with Crippen LogP contribution in [-0.4, -0.2) is 21.6 Å². The van der Waals surface area contributed by atoms with Gasteiger partial charge in [-0.15, -0.1) is 0 Å². The van der Waals surface area contributed by atoms with E-state index in [4.69, 9.17) is 10.00 Å². The van der Waals surface area contributed by atoms with E-state index in [-0.39, 0.29) is 6.54 Å². The molecule has 0 spiro atoms. The molecule has 22 heavy (non-hydrogen) atoms. The van der Waals surface area contributed by atoms with Gasteiger partial charge in [0, 0.05) is 0 Å². The van der Waals surface area contributed by atoms with Crippen LogP contribution in [0, 0.1) is 11.3 Å². The maximum Gasteiger partial charge on any atom is 0.324 e. The Hall–Kier alpha value is -2.72. The van der Waals surface area contributed by atoms with Crippen LogP contribution >= 0.6 is 0 Å². The summed E-state index contributed by atoms with van der Waals surface area (Å²) in [5.74, 6) is 0.541. The van der Waals surface area contributed by atoms with Gasteiger partial charge in [0.25, 0.3) is 0 Å². The lowest BCUT2D eigenvalue weighted by molar-refractivity contribution is 0.316. The number of nitrogens with zero attached hydrogens (tertiary/aromatic N) is 2. The molecule has 2 aromatic carbocycles. The molecule has 0 amide bonds. The van der Waals surface area contributed by atoms with Crippen LogP contribution in [0.1, 0.15) is 5.56 Å². The number of nitrogens with one attached hydrogen (secondary N) is 1. The SMILES string of the molecule is N#Cc1ccc(NS(=O)(=O)N2CCOc3ccccc32)cc1. The van der Waals surface area contributed by atoms with Crippen molar-refractivity contribution in [2.45, 2.75) is 0 Å². The summed E-state index contributed by atoms with van der Waals surface area (Å²) in [6.07, 6.45) is 0. The fourth-order valence-electron chi connectivity index (χ4n) is 2.21. The monoisotopic (exact) mass is 315 g/mol. The van der Waals surface area contributed by atoms with Gasteiger partial charge in [-0.2, -0.15) is 13.7 Å². The highest BCUT2D eigenvalue weighted by molar-refractivity contribution is 7.94. The van der Waals surface area contributed by atoms with Crippen LogP contribution in [0.15, 0.2) is 48.5 Å². The molecular formula is C15H13N3O3S. The van der Waals surface area contributed by atoms with Gasteiger partial charge in [-0.3, -0.25) is 4.72 Å². The zero-order valence-electron chi connectivity index (χ0n) is 11.6. The van der Waals surface area contributed by atoms with Crippen molar-refractivity contribution in [1.29, 1.82) is 5.26 Å². The minimum absolute atomic E-state index is 0.239. The standard InChI is InChI=1S/C15H13N3O3S/c16-11-12-5-7-13(8-6-12)17-22(19,20)18-9-10-21-15-4-2-1-3-14(15)18/h1-8,17H,9-10H2. The van der Waals surface area contributed by atoms with Crippen molar-refractivity contribution in [3.8, 4) is 11.8 Å². The number of anilines is 2. The molecule has 0 saturated heterocycles. The second-order valence-electron chi connectivity index (χ2n) is 4.68. The lowest BCUT2D eigenvalue weighted by Crippen LogP contribution is -2.41. The molecule has 0 radical (unpaired) electrons. The number of hydrogen-bond donors (Lipinski definition) is 1. The molecule has 0 fully saturated rings. The molecule has 1 aliphatic heterocycles. The number of benzene rings is 2. The molecule has 0 aliphatic carbocycles. The lowest BCUT2D eigenvalue weighted by Gasteiger charge is -2.30. The molecule has 0 atom stereocenters. The first-order valence-electron chi connectivity index (χ1n) is 6.62. The largest absolute Gasteiger partial charge is 0.489 e. The van der Waals surface area contributed by atoms with E-state index >= 15 is 0 Å². The van der Waals surface area contributed by atoms with E-state index in [2.05, 4.69) is 4.72 Å². The van der Waals surface area contributed by atoms with E-state index in [1.165, 1.54) is 4.31 Å². The third-order valence-corrected chi connectivity index (χ3v) is 4.69. The summed E-state index contributed by atoms with van der Waals surface area (Å²) in [6, 6.07) is 15.2. The molecular weight excluding hydrogens is 302 g/mol. The first kappa shape index (κ1) is 14.2. The Morgan fingerprint density at radius 3 is 2.59 bits per heavy atom. The third-order valence-electron chi connectivity index (χ3n) is 3.24. The average Bonchev–Trinajstić information content (AvgIpc) is 2.54. The highest BCUT2D eigenvalue weighted by Gasteiger charge is 2.28. The van der Waals surface area contributed by atoms with Crippen molar-refractivity contribution >= 4 is 21.6 Å². The normalized spacial score (nSPS) is 13.7. The highest BCUT2D eigenvalue weighted by Crippen LogP contribution is 2.33. The van der Waals surface area contributed by atoms with Gasteiger partial charge in [-0.25, -0.2) is 4.31 Å². The summed E-state index contributed by atoms with van der Waals surface area (Å²) in [6.45, 7) is 0.536. The molecule has 6 nitrogen and oxygen atoms in total. The number of para-hydroxylation sites is 2. The molecule has 1 N–H and O–H groups in total. The Kier molecular flexibility index (Phi) is 3.61. The Morgan fingerprint density at radius 1 is 1.14 bits per heavy atom. The summed E-state index contributed by atoms with van der Waals surface area (Å²) < 4.78 is 34.4. The minimum atomic E-state index is -3.75. The van der Waals surface area contributed by atoms with Gasteiger partial charge in [-0.1, -0.05) is 12.1 Å². The van der Waals surface area contributed by atoms with Crippen molar-refractivity contribution < 1.29 is 13.2 Å². The first-order valence-corrected chi connectivity index (χ1v) is 8.07. The van der Waals surface area contributed by atoms with Crippen LogP contribution in [0.4, 0.5) is 11.4 Å². The topological polar surface area (TPSA) is 82.4 Å². The predicted molar refractivity (Wildman–Crippen MR) is 83.0 cm³/mol. The number of ether oxygens (including phenoxy) is 1. The predicted octanol–water partition coefficient (Wildman–Crippen LogP) is 2.11. The molecule has 1 heterocycles. The van der Waals surface area contributed by atoms with E-state index in [9.17, 15) is 8.42 Å². The molecule has 112 valence electrons. The van der Waals surface area contributed by atoms with Gasteiger partial charge in [0.2, 0.25) is 0 Å². The highest BCUT2D eigenvalue weighted by atomic mass is 32.2. The smallest absolute Gasteiger partial charge is 0.324 e. The van der Waals surface area contributed by atoms with Crippen LogP contribution < -0.4 is 13.8 Å². The summed E-state index contributed by atoms with van der Waals surface area (Å²) in [7, 11) is -3.75. The fourth-order valence-corrected chi connectivity index (χ4v) is 3.48. The number of fused-ring (bicyclic) bond motifs is 1. The number of nitriles is 1. The summed E-state index contributed by atoms with van der Waals surface area (Å²) in [5.41, 5.74) is 1.39. The van der Waals surface area contributed by atoms with Crippen LogP contribution in [0.3, 0.4) is 0 Å². The molecule has 7 heteroatoms. The minimum Gasteiger partial charge on any atom is -0.489 e. The molecule has 0 bridgehead atoms. The van der Waals surface area contributed by atoms with Crippen molar-refractivity contribution in [3.63, 3.8) is 0 Å². The summed E-state index contributed by atoms with van der Waals surface area (Å²) in [5, 5.41) is 8.76. The van der Waals surface area contributed by atoms with Gasteiger partial charge in [-0.05, 0) is 36.4 Å². The first-order chi connectivity index (χ1) is 10.6. The van der Waals surface area contributed by atoms with Gasteiger partial charge in [0.1, 0.15) is 12.4 Å². The van der Waals surface area contributed by atoms with E-state index in [0.717, 1.165) is 0 Å². The Labute approximate surface area is 128 Å². The average molecular weight is 315 g/mol. The number of hydrogen-bond acceptors (Lipinski definition) is 4. The molecule has 0 unspecified atom stereocenters. The second-order valence-corrected chi connectivity index (χ2v) is 6.28. The molecule has 0 aromatic heterocycles. The quantitative estimate of drug-likeness (QED) is 0.940. The van der Waals surface area contributed by atoms with Crippen molar-refractivity contribution in [2.75, 3.05) is 22.2 Å². The van der Waals surface area contributed by atoms with Crippen molar-refractivity contribution in [1.82, 2.24) is 0 Å². The summed E-state index contributed by atoms with van der Waals surface area (Å²) in [4.78, 5) is 0. The van der Waals surface area contributed by atoms with E-state index in [0.29, 0.717) is 29.3 Å². The Bertz CT molecular complexity index is 826. The summed E-state index contributed by atoms with van der Waals surface area (Å²) >= 11 is 0. The van der Waals surface area contributed by atoms with Gasteiger partial charge >= 0.3 is 10.2 Å². The van der Waals surface area contributed by atoms with E-state index < -0.39 is 10.2 Å². The zero-order valence-corrected chi connectivity index (χ0v) is 12.4. The molecule has 1 aliphatic rings. The molecule has 0 saturated carbocycles. The van der Waals surface area contributed by atoms with Gasteiger partial charge in [0.05, 0.1) is 29.6 Å². The van der Waals surface area contributed by atoms with Gasteiger partial charge in [0.15, 0.2) is 0 Å². The molecule has 3 rings (SSSR count). The maximum atomic E-state index is 12.6. The van der Waals surface area contributed by atoms with Crippen LogP contribution in [-0.2, 0) is 10.2 Å². The maximum absolute atomic E-state index is 12.6.